The maximum absolute atomic E-state index is 14.3. The second kappa shape index (κ2) is 19.7. The summed E-state index contributed by atoms with van der Waals surface area (Å²) in [5, 5.41) is 13.7. The van der Waals surface area contributed by atoms with Gasteiger partial charge in [-0.15, -0.1) is 0 Å². The monoisotopic (exact) mass is 829 g/mol. The van der Waals surface area contributed by atoms with Crippen molar-refractivity contribution in [2.24, 2.45) is 5.92 Å². The third-order valence-electron chi connectivity index (χ3n) is 10.9. The summed E-state index contributed by atoms with van der Waals surface area (Å²) in [6.45, 7) is 10.2. The van der Waals surface area contributed by atoms with E-state index >= 15 is 0 Å². The molecule has 1 aromatic heterocycles. The quantitative estimate of drug-likeness (QED) is 0.139. The van der Waals surface area contributed by atoms with E-state index in [2.05, 4.69) is 26.3 Å². The van der Waals surface area contributed by atoms with Crippen LogP contribution in [0.1, 0.15) is 63.8 Å². The van der Waals surface area contributed by atoms with Gasteiger partial charge in [0, 0.05) is 44.0 Å². The predicted molar refractivity (Wildman–Crippen MR) is 221 cm³/mol. The summed E-state index contributed by atoms with van der Waals surface area (Å²) in [4.78, 5) is 89.5. The molecule has 4 N–H and O–H groups in total. The summed E-state index contributed by atoms with van der Waals surface area (Å²) in [5.41, 5.74) is 1.24. The van der Waals surface area contributed by atoms with Crippen LogP contribution < -0.4 is 26.0 Å². The van der Waals surface area contributed by atoms with Crippen LogP contribution in [0.15, 0.2) is 66.0 Å². The number of hydrogen-bond acceptors (Lipinski definition) is 11. The normalized spacial score (nSPS) is 21.7. The highest BCUT2D eigenvalue weighted by Gasteiger charge is 2.51. The number of epoxide rings is 1. The van der Waals surface area contributed by atoms with E-state index in [0.717, 1.165) is 22.5 Å². The number of piperazine rings is 1. The van der Waals surface area contributed by atoms with Crippen molar-refractivity contribution < 1.29 is 38.2 Å². The number of Topliss-reactive ketones (excluding diaryl/α,β-unsaturated/α-hetero) is 1. The summed E-state index contributed by atoms with van der Waals surface area (Å²) in [5.74, 6) is -1.98. The minimum absolute atomic E-state index is 0.104. The van der Waals surface area contributed by atoms with E-state index in [-0.39, 0.29) is 42.6 Å². The number of benzene rings is 2. The number of likely N-dealkylation sites (tertiary alicyclic amines) is 1. The molecule has 3 aliphatic rings. The molecule has 6 rings (SSSR count). The Balaban J connectivity index is 1.14. The molecule has 4 heterocycles. The average Bonchev–Trinajstić information content (AvgIpc) is 3.73. The lowest BCUT2D eigenvalue weighted by Gasteiger charge is -2.33. The van der Waals surface area contributed by atoms with E-state index in [1.54, 1.807) is 17.2 Å². The Bertz CT molecular complexity index is 1950. The van der Waals surface area contributed by atoms with Crippen LogP contribution in [-0.2, 0) is 48.0 Å². The summed E-state index contributed by atoms with van der Waals surface area (Å²) in [6.07, 6.45) is 0.904. The number of nitrogens with one attached hydrogen (secondary N) is 4. The van der Waals surface area contributed by atoms with Crippen molar-refractivity contribution in [3.63, 3.8) is 0 Å². The highest BCUT2D eigenvalue weighted by atomic mass is 32.1. The molecule has 59 heavy (non-hydrogen) atoms. The molecule has 3 aromatic rings. The number of amides is 5. The van der Waals surface area contributed by atoms with E-state index in [0.29, 0.717) is 51.3 Å². The number of nitrogens with zero attached hydrogens (tertiary/aromatic N) is 3. The molecule has 0 spiro atoms. The van der Waals surface area contributed by atoms with Gasteiger partial charge < -0.3 is 40.5 Å². The maximum Gasteiger partial charge on any atom is 0.417 e. The van der Waals surface area contributed by atoms with Crippen molar-refractivity contribution in [2.45, 2.75) is 102 Å². The summed E-state index contributed by atoms with van der Waals surface area (Å²) in [6, 6.07) is 14.8. The summed E-state index contributed by atoms with van der Waals surface area (Å²) in [7, 11) is 0. The van der Waals surface area contributed by atoms with Crippen LogP contribution in [0, 0.1) is 5.92 Å². The van der Waals surface area contributed by atoms with Gasteiger partial charge >= 0.3 is 6.09 Å². The van der Waals surface area contributed by atoms with Crippen molar-refractivity contribution in [2.75, 3.05) is 32.8 Å². The van der Waals surface area contributed by atoms with E-state index in [1.165, 1.54) is 4.90 Å². The second-order valence-electron chi connectivity index (χ2n) is 16.2. The predicted octanol–water partition coefficient (Wildman–Crippen LogP) is 2.81. The maximum atomic E-state index is 14.3. The molecule has 0 radical (unpaired) electrons. The lowest BCUT2D eigenvalue weighted by atomic mass is 9.92. The molecule has 6 atom stereocenters. The number of aromatic nitrogens is 1. The number of rotatable bonds is 18. The zero-order valence-corrected chi connectivity index (χ0v) is 34.9. The van der Waals surface area contributed by atoms with Crippen LogP contribution in [0.3, 0.4) is 0 Å². The standard InChI is InChI=1S/C43H55N7O8S/c1-27(2)21-33(37(52)43(4)26-57-43)47-39(54)35(23-30-13-9-6-10-14-30)50-28(3)22-34(40(50)55)48-38(53)32(16-15-29-11-7-5-8-12-29)46-36(51)24-31-25-59-41(45-31)58-42(56)49-19-17-44-18-20-49/h5-14,25,27-28,32-35,44H,15-24,26H2,1-4H3,(H,46,51)(H,47,54)(H,48,53)/t28?,32-,33-,34-,35-,43?/m0/s1. The minimum Gasteiger partial charge on any atom is -0.381 e. The van der Waals surface area contributed by atoms with Gasteiger partial charge in [-0.05, 0) is 56.6 Å². The minimum atomic E-state index is -0.999. The molecular weight excluding hydrogens is 775 g/mol. The third-order valence-corrected chi connectivity index (χ3v) is 11.7. The van der Waals surface area contributed by atoms with Gasteiger partial charge in [0.05, 0.1) is 24.8 Å². The number of carbonyl (C=O) groups is 6. The largest absolute Gasteiger partial charge is 0.417 e. The molecule has 3 fully saturated rings. The lowest BCUT2D eigenvalue weighted by molar-refractivity contribution is -0.142. The Kier molecular flexibility index (Phi) is 14.5. The van der Waals surface area contributed by atoms with Gasteiger partial charge in [0.15, 0.2) is 5.78 Å². The van der Waals surface area contributed by atoms with Gasteiger partial charge in [-0.1, -0.05) is 85.8 Å². The number of aryl methyl sites for hydroxylation is 1. The van der Waals surface area contributed by atoms with Gasteiger partial charge in [0.25, 0.3) is 5.19 Å². The van der Waals surface area contributed by atoms with E-state index < -0.39 is 65.5 Å². The lowest BCUT2D eigenvalue weighted by Crippen LogP contribution is -2.57. The smallest absolute Gasteiger partial charge is 0.381 e. The van der Waals surface area contributed by atoms with Crippen LogP contribution in [0.25, 0.3) is 0 Å². The van der Waals surface area contributed by atoms with Crippen LogP contribution in [-0.4, -0.2) is 119 Å². The Hall–Kier alpha value is -5.19. The molecule has 2 aromatic carbocycles. The fraction of sp³-hybridized carbons (Fsp3) is 0.512. The number of hydrogen-bond donors (Lipinski definition) is 4. The Labute approximate surface area is 349 Å². The van der Waals surface area contributed by atoms with Crippen molar-refractivity contribution in [1.82, 2.24) is 36.1 Å². The molecule has 15 nitrogen and oxygen atoms in total. The Morgan fingerprint density at radius 1 is 0.966 bits per heavy atom. The fourth-order valence-corrected chi connectivity index (χ4v) is 8.25. The Morgan fingerprint density at radius 3 is 2.27 bits per heavy atom. The van der Waals surface area contributed by atoms with Crippen LogP contribution in [0.4, 0.5) is 4.79 Å². The van der Waals surface area contributed by atoms with Crippen molar-refractivity contribution in [3.8, 4) is 5.19 Å². The van der Waals surface area contributed by atoms with E-state index in [9.17, 15) is 28.8 Å². The van der Waals surface area contributed by atoms with Gasteiger partial charge in [0.1, 0.15) is 23.7 Å². The number of ether oxygens (including phenoxy) is 2. The molecule has 316 valence electrons. The van der Waals surface area contributed by atoms with Gasteiger partial charge in [0.2, 0.25) is 23.6 Å². The second-order valence-corrected chi connectivity index (χ2v) is 17.0. The zero-order valence-electron chi connectivity index (χ0n) is 34.1. The topological polar surface area (TPSA) is 192 Å². The number of carbonyl (C=O) groups excluding carboxylic acids is 6. The van der Waals surface area contributed by atoms with Gasteiger partial charge in [-0.25, -0.2) is 9.78 Å². The average molecular weight is 830 g/mol. The molecule has 5 amide bonds. The SMILES string of the molecule is CC(C)C[C@H](NC(=O)[C@H](Cc1ccccc1)N1C(=O)[C@@H](NC(=O)[C@H](CCc2ccccc2)NC(=O)Cc2csc(OC(=O)N3CCNCC3)n2)CC1C)C(=O)C1(C)CO1. The fourth-order valence-electron chi connectivity index (χ4n) is 7.59. The first-order valence-electron chi connectivity index (χ1n) is 20.4. The molecule has 3 aliphatic heterocycles. The van der Waals surface area contributed by atoms with Crippen molar-refractivity contribution >= 4 is 46.8 Å². The van der Waals surface area contributed by atoms with Crippen LogP contribution in [0.5, 0.6) is 5.19 Å². The zero-order chi connectivity index (χ0) is 42.1. The van der Waals surface area contributed by atoms with Gasteiger partial charge in [-0.3, -0.25) is 24.0 Å². The molecule has 0 aliphatic carbocycles. The molecular formula is C43H55N7O8S. The van der Waals surface area contributed by atoms with E-state index in [1.807, 2.05) is 81.4 Å². The summed E-state index contributed by atoms with van der Waals surface area (Å²) < 4.78 is 10.9. The molecule has 2 unspecified atom stereocenters. The molecule has 0 saturated carbocycles. The third kappa shape index (κ3) is 11.7. The van der Waals surface area contributed by atoms with Crippen molar-refractivity contribution in [1.29, 1.82) is 0 Å². The molecule has 16 heteroatoms. The van der Waals surface area contributed by atoms with Gasteiger partial charge in [-0.2, -0.15) is 0 Å². The van der Waals surface area contributed by atoms with Crippen molar-refractivity contribution in [3.05, 3.63) is 82.9 Å². The number of thiazole rings is 1. The first kappa shape index (κ1) is 43.4. The van der Waals surface area contributed by atoms with E-state index in [4.69, 9.17) is 9.47 Å². The number of ketones is 1. The molecule has 0 bridgehead atoms. The van der Waals surface area contributed by atoms with Crippen LogP contribution in [0.2, 0.25) is 0 Å². The first-order chi connectivity index (χ1) is 28.3. The van der Waals surface area contributed by atoms with Crippen LogP contribution >= 0.6 is 11.3 Å². The summed E-state index contributed by atoms with van der Waals surface area (Å²) >= 11 is 1.10. The molecule has 3 saturated heterocycles. The first-order valence-corrected chi connectivity index (χ1v) is 21.3. The Morgan fingerprint density at radius 2 is 1.63 bits per heavy atom. The highest BCUT2D eigenvalue weighted by Crippen LogP contribution is 2.30. The highest BCUT2D eigenvalue weighted by molar-refractivity contribution is 7.11.